The number of rotatable bonds is 10. The molecule has 1 atom stereocenters. The number of hydrogen-bond donors (Lipinski definition) is 4. The van der Waals surface area contributed by atoms with Gasteiger partial charge in [0, 0.05) is 17.7 Å². The van der Waals surface area contributed by atoms with Crippen LogP contribution < -0.4 is 20.7 Å². The number of carbonyl (C=O) groups excluding carboxylic acids is 3. The highest BCUT2D eigenvalue weighted by Crippen LogP contribution is 2.29. The normalized spacial score (nSPS) is 11.9. The second kappa shape index (κ2) is 15.3. The van der Waals surface area contributed by atoms with Gasteiger partial charge in [0.2, 0.25) is 0 Å². The Labute approximate surface area is 273 Å². The molecule has 4 N–H and O–H groups in total. The third-order valence-corrected chi connectivity index (χ3v) is 8.03. The van der Waals surface area contributed by atoms with Crippen molar-refractivity contribution >= 4 is 50.9 Å². The zero-order valence-electron chi connectivity index (χ0n) is 24.3. The Kier molecular flexibility index (Phi) is 11.3. The largest absolute Gasteiger partial charge is 0.445 e. The molecule has 3 amide bonds. The Bertz CT molecular complexity index is 1820. The number of thiocarbonyl (C=S) groups is 1. The summed E-state index contributed by atoms with van der Waals surface area (Å²) in [5.41, 5.74) is 0.659. The molecule has 0 aliphatic heterocycles. The molecular formula is C32H27F3N4O6S2. The highest BCUT2D eigenvalue weighted by Gasteiger charge is 2.30. The SMILES string of the molecule is O=C(N[C@@H](Cc1ccccc1)C(=O)NS(=O)(=O)c1ccc(NC(=S)NC(=O)c2ccc(C(F)(F)F)cc2)cc1)OCc1ccccc1. The summed E-state index contributed by atoms with van der Waals surface area (Å²) >= 11 is 5.08. The van der Waals surface area contributed by atoms with Gasteiger partial charge in [0.05, 0.1) is 10.5 Å². The van der Waals surface area contributed by atoms with Crippen LogP contribution in [0, 0.1) is 0 Å². The molecule has 47 heavy (non-hydrogen) atoms. The van der Waals surface area contributed by atoms with Crippen molar-refractivity contribution < 1.29 is 40.7 Å². The average Bonchev–Trinajstić information content (AvgIpc) is 3.04. The standard InChI is InChI=1S/C32H27F3N4O6S2/c33-32(34,35)24-13-11-23(12-14-24)28(40)38-30(46)36-25-15-17-26(18-16-25)47(43,44)39-29(41)27(19-21-7-3-1-4-8-21)37-31(42)45-20-22-9-5-2-6-10-22/h1-18,27H,19-20H2,(H,37,42)(H,39,41)(H2,36,38,40,46)/t27-/m0/s1. The first-order valence-electron chi connectivity index (χ1n) is 13.8. The van der Waals surface area contributed by atoms with E-state index in [1.165, 1.54) is 24.3 Å². The van der Waals surface area contributed by atoms with Crippen molar-refractivity contribution in [3.8, 4) is 0 Å². The Hall–Kier alpha value is -5.28. The number of hydrogen-bond acceptors (Lipinski definition) is 7. The summed E-state index contributed by atoms with van der Waals surface area (Å²) in [6, 6.07) is 24.7. The van der Waals surface area contributed by atoms with Crippen molar-refractivity contribution in [1.82, 2.24) is 15.4 Å². The number of carbonyl (C=O) groups is 3. The minimum Gasteiger partial charge on any atom is -0.445 e. The smallest absolute Gasteiger partial charge is 0.416 e. The summed E-state index contributed by atoms with van der Waals surface area (Å²) in [6.45, 7) is -0.0623. The predicted molar refractivity (Wildman–Crippen MR) is 171 cm³/mol. The maximum Gasteiger partial charge on any atom is 0.416 e. The van der Waals surface area contributed by atoms with E-state index in [1.54, 1.807) is 60.7 Å². The topological polar surface area (TPSA) is 143 Å². The average molecular weight is 685 g/mol. The van der Waals surface area contributed by atoms with Crippen LogP contribution in [-0.4, -0.2) is 37.5 Å². The molecule has 15 heteroatoms. The minimum atomic E-state index is -4.55. The number of alkyl halides is 3. The Morgan fingerprint density at radius 2 is 1.36 bits per heavy atom. The van der Waals surface area contributed by atoms with Crippen molar-refractivity contribution in [2.75, 3.05) is 5.32 Å². The number of benzene rings is 4. The lowest BCUT2D eigenvalue weighted by Crippen LogP contribution is -2.49. The van der Waals surface area contributed by atoms with Crippen LogP contribution >= 0.6 is 12.2 Å². The zero-order chi connectivity index (χ0) is 34.0. The molecule has 244 valence electrons. The van der Waals surface area contributed by atoms with Crippen LogP contribution in [0.2, 0.25) is 0 Å². The third-order valence-electron chi connectivity index (χ3n) is 6.46. The van der Waals surface area contributed by atoms with E-state index in [-0.39, 0.29) is 34.3 Å². The molecule has 0 radical (unpaired) electrons. The van der Waals surface area contributed by atoms with Gasteiger partial charge in [0.15, 0.2) is 5.11 Å². The molecule has 4 aromatic carbocycles. The van der Waals surface area contributed by atoms with E-state index in [4.69, 9.17) is 17.0 Å². The van der Waals surface area contributed by atoms with E-state index in [0.717, 1.165) is 29.8 Å². The summed E-state index contributed by atoms with van der Waals surface area (Å²) in [4.78, 5) is 37.8. The molecule has 0 bridgehead atoms. The third kappa shape index (κ3) is 10.4. The minimum absolute atomic E-state index is 0.0267. The second-order valence-electron chi connectivity index (χ2n) is 9.93. The van der Waals surface area contributed by atoms with Crippen LogP contribution in [0.3, 0.4) is 0 Å². The van der Waals surface area contributed by atoms with Gasteiger partial charge in [-0.3, -0.25) is 14.9 Å². The molecule has 10 nitrogen and oxygen atoms in total. The fourth-order valence-electron chi connectivity index (χ4n) is 4.09. The number of ether oxygens (including phenoxy) is 1. The Balaban J connectivity index is 1.36. The molecular weight excluding hydrogens is 658 g/mol. The quantitative estimate of drug-likeness (QED) is 0.168. The van der Waals surface area contributed by atoms with Crippen LogP contribution in [0.25, 0.3) is 0 Å². The molecule has 4 rings (SSSR count). The van der Waals surface area contributed by atoms with E-state index in [1.807, 2.05) is 4.72 Å². The number of nitrogens with one attached hydrogen (secondary N) is 4. The van der Waals surface area contributed by atoms with Gasteiger partial charge in [0.25, 0.3) is 21.8 Å². The van der Waals surface area contributed by atoms with Gasteiger partial charge in [-0.15, -0.1) is 0 Å². The number of anilines is 1. The van der Waals surface area contributed by atoms with Gasteiger partial charge in [0.1, 0.15) is 12.6 Å². The molecule has 0 spiro atoms. The van der Waals surface area contributed by atoms with E-state index < -0.39 is 45.7 Å². The lowest BCUT2D eigenvalue weighted by molar-refractivity contribution is -0.137. The van der Waals surface area contributed by atoms with E-state index >= 15 is 0 Å². The van der Waals surface area contributed by atoms with Crippen molar-refractivity contribution in [3.05, 3.63) is 131 Å². The number of sulfonamides is 1. The first-order chi connectivity index (χ1) is 22.3. The molecule has 0 fully saturated rings. The summed E-state index contributed by atoms with van der Waals surface area (Å²) in [6.07, 6.45) is -5.49. The van der Waals surface area contributed by atoms with Gasteiger partial charge in [-0.25, -0.2) is 17.9 Å². The molecule has 0 aliphatic carbocycles. The number of alkyl carbamates (subject to hydrolysis) is 1. The van der Waals surface area contributed by atoms with Crippen molar-refractivity contribution in [1.29, 1.82) is 0 Å². The molecule has 0 aliphatic rings. The van der Waals surface area contributed by atoms with Crippen molar-refractivity contribution in [3.63, 3.8) is 0 Å². The Morgan fingerprint density at radius 1 is 0.787 bits per heavy atom. The van der Waals surface area contributed by atoms with Gasteiger partial charge in [-0.1, -0.05) is 60.7 Å². The molecule has 4 aromatic rings. The number of amides is 3. The van der Waals surface area contributed by atoms with Crippen molar-refractivity contribution in [2.45, 2.75) is 30.1 Å². The fourth-order valence-corrected chi connectivity index (χ4v) is 5.32. The predicted octanol–water partition coefficient (Wildman–Crippen LogP) is 5.17. The highest BCUT2D eigenvalue weighted by atomic mass is 32.2. The first-order valence-corrected chi connectivity index (χ1v) is 15.7. The van der Waals surface area contributed by atoms with Crippen LogP contribution in [0.15, 0.2) is 114 Å². The van der Waals surface area contributed by atoms with Gasteiger partial charge >= 0.3 is 12.3 Å². The van der Waals surface area contributed by atoms with Crippen molar-refractivity contribution in [2.24, 2.45) is 0 Å². The van der Waals surface area contributed by atoms with Gasteiger partial charge in [-0.05, 0) is 71.9 Å². The first kappa shape index (κ1) is 34.6. The zero-order valence-corrected chi connectivity index (χ0v) is 25.9. The molecule has 0 saturated carbocycles. The lowest BCUT2D eigenvalue weighted by Gasteiger charge is -2.19. The second-order valence-corrected chi connectivity index (χ2v) is 12.0. The van der Waals surface area contributed by atoms with E-state index in [0.29, 0.717) is 5.56 Å². The lowest BCUT2D eigenvalue weighted by atomic mass is 10.1. The highest BCUT2D eigenvalue weighted by molar-refractivity contribution is 7.90. The van der Waals surface area contributed by atoms with Gasteiger partial charge < -0.3 is 15.4 Å². The summed E-state index contributed by atoms with van der Waals surface area (Å²) in [7, 11) is -4.40. The molecule has 0 heterocycles. The molecule has 0 unspecified atom stereocenters. The summed E-state index contributed by atoms with van der Waals surface area (Å²) < 4.78 is 71.6. The maximum absolute atomic E-state index is 13.2. The van der Waals surface area contributed by atoms with Gasteiger partial charge in [-0.2, -0.15) is 13.2 Å². The van der Waals surface area contributed by atoms with E-state index in [9.17, 15) is 36.0 Å². The van der Waals surface area contributed by atoms with Crippen LogP contribution in [-0.2, 0) is 38.8 Å². The van der Waals surface area contributed by atoms with Crippen LogP contribution in [0.5, 0.6) is 0 Å². The monoisotopic (exact) mass is 684 g/mol. The maximum atomic E-state index is 13.2. The summed E-state index contributed by atoms with van der Waals surface area (Å²) in [5.74, 6) is -1.76. The van der Waals surface area contributed by atoms with Crippen LogP contribution in [0.1, 0.15) is 27.0 Å². The molecule has 0 saturated heterocycles. The fraction of sp³-hybridized carbons (Fsp3) is 0.125. The molecule has 0 aromatic heterocycles. The summed E-state index contributed by atoms with van der Waals surface area (Å²) in [5, 5.41) is 7.21. The number of halogens is 3. The Morgan fingerprint density at radius 3 is 1.94 bits per heavy atom. The van der Waals surface area contributed by atoms with Crippen LogP contribution in [0.4, 0.5) is 23.7 Å². The van der Waals surface area contributed by atoms with E-state index in [2.05, 4.69) is 16.0 Å².